The monoisotopic (exact) mass is 427 g/mol. The number of rotatable bonds is 8. The van der Waals surface area contributed by atoms with Crippen molar-refractivity contribution in [3.63, 3.8) is 0 Å². The Balaban J connectivity index is 1.70. The Morgan fingerprint density at radius 3 is 2.59 bits per heavy atom. The number of nitro groups is 1. The van der Waals surface area contributed by atoms with Gasteiger partial charge in [-0.2, -0.15) is 5.26 Å². The Hall–Kier alpha value is -4.15. The Bertz CT molecular complexity index is 1300. The van der Waals surface area contributed by atoms with Gasteiger partial charge in [-0.15, -0.1) is 0 Å². The quantitative estimate of drug-likeness (QED) is 0.220. The van der Waals surface area contributed by atoms with E-state index in [9.17, 15) is 15.4 Å². The van der Waals surface area contributed by atoms with E-state index >= 15 is 0 Å². The van der Waals surface area contributed by atoms with Crippen molar-refractivity contribution in [2.45, 2.75) is 6.54 Å². The number of nitro benzene ring substituents is 1. The normalized spacial score (nSPS) is 10.8. The van der Waals surface area contributed by atoms with Crippen LogP contribution in [-0.4, -0.2) is 29.8 Å². The Morgan fingerprint density at radius 2 is 1.88 bits per heavy atom. The van der Waals surface area contributed by atoms with Gasteiger partial charge < -0.3 is 14.0 Å². The summed E-state index contributed by atoms with van der Waals surface area (Å²) in [5, 5.41) is 21.5. The molecule has 4 aromatic rings. The first kappa shape index (κ1) is 21.1. The zero-order valence-electron chi connectivity index (χ0n) is 17.5. The van der Waals surface area contributed by atoms with Crippen molar-refractivity contribution in [3.05, 3.63) is 94.2 Å². The van der Waals surface area contributed by atoms with Crippen molar-refractivity contribution in [2.24, 2.45) is 0 Å². The molecule has 0 unspecified atom stereocenters. The van der Waals surface area contributed by atoms with Gasteiger partial charge in [0.2, 0.25) is 0 Å². The molecular weight excluding hydrogens is 406 g/mol. The number of ether oxygens (including phenoxy) is 2. The van der Waals surface area contributed by atoms with Crippen molar-refractivity contribution in [1.82, 2.24) is 4.57 Å². The number of fused-ring (bicyclic) bond motifs is 1. The summed E-state index contributed by atoms with van der Waals surface area (Å²) in [5.41, 5.74) is 4.19. The smallest absolute Gasteiger partial charge is 0.270 e. The standard InChI is InChI=1S/C25H21N3O4/c1-31-11-12-32-22-8-5-18(6-9-22)16-27-17-24(20-3-2-4-21(14-20)28(29)30)23-13-19(15-26)7-10-25(23)27/h2-10,13-14,17H,11-12,16H2,1H3. The maximum absolute atomic E-state index is 11.2. The average molecular weight is 427 g/mol. The molecule has 0 fully saturated rings. The number of aromatic nitrogens is 1. The number of hydrogen-bond donors (Lipinski definition) is 0. The summed E-state index contributed by atoms with van der Waals surface area (Å²) in [7, 11) is 1.63. The van der Waals surface area contributed by atoms with Crippen molar-refractivity contribution in [2.75, 3.05) is 20.3 Å². The lowest BCUT2D eigenvalue weighted by Crippen LogP contribution is -2.04. The van der Waals surface area contributed by atoms with E-state index in [1.807, 2.05) is 48.7 Å². The first-order chi connectivity index (χ1) is 15.6. The maximum atomic E-state index is 11.2. The first-order valence-corrected chi connectivity index (χ1v) is 10.1. The molecule has 1 heterocycles. The van der Waals surface area contributed by atoms with Crippen LogP contribution in [0.1, 0.15) is 11.1 Å². The number of benzene rings is 3. The Morgan fingerprint density at radius 1 is 1.06 bits per heavy atom. The molecule has 0 atom stereocenters. The van der Waals surface area contributed by atoms with Crippen molar-refractivity contribution < 1.29 is 14.4 Å². The van der Waals surface area contributed by atoms with Crippen molar-refractivity contribution >= 4 is 16.6 Å². The lowest BCUT2D eigenvalue weighted by molar-refractivity contribution is -0.384. The molecule has 0 saturated carbocycles. The highest BCUT2D eigenvalue weighted by molar-refractivity contribution is 5.97. The molecule has 7 nitrogen and oxygen atoms in total. The Kier molecular flexibility index (Phi) is 6.15. The molecule has 32 heavy (non-hydrogen) atoms. The first-order valence-electron chi connectivity index (χ1n) is 10.1. The van der Waals surface area contributed by atoms with Gasteiger partial charge in [0.1, 0.15) is 12.4 Å². The van der Waals surface area contributed by atoms with E-state index in [0.29, 0.717) is 25.3 Å². The van der Waals surface area contributed by atoms with Gasteiger partial charge in [-0.3, -0.25) is 10.1 Å². The highest BCUT2D eigenvalue weighted by atomic mass is 16.6. The number of non-ortho nitro benzene ring substituents is 1. The number of nitriles is 1. The molecule has 0 aliphatic rings. The van der Waals surface area contributed by atoms with Crippen molar-refractivity contribution in [3.8, 4) is 22.9 Å². The molecule has 0 bridgehead atoms. The second kappa shape index (κ2) is 9.33. The lowest BCUT2D eigenvalue weighted by atomic mass is 10.0. The van der Waals surface area contributed by atoms with E-state index in [2.05, 4.69) is 10.6 Å². The van der Waals surface area contributed by atoms with Crippen LogP contribution in [-0.2, 0) is 11.3 Å². The highest BCUT2D eigenvalue weighted by Crippen LogP contribution is 2.33. The minimum atomic E-state index is -0.403. The molecule has 7 heteroatoms. The van der Waals surface area contributed by atoms with Crippen LogP contribution in [0.25, 0.3) is 22.0 Å². The van der Waals surface area contributed by atoms with E-state index in [0.717, 1.165) is 33.3 Å². The molecule has 0 radical (unpaired) electrons. The summed E-state index contributed by atoms with van der Waals surface area (Å²) in [6.45, 7) is 1.63. The highest BCUT2D eigenvalue weighted by Gasteiger charge is 2.14. The van der Waals surface area contributed by atoms with Gasteiger partial charge in [-0.05, 0) is 41.5 Å². The summed E-state index contributed by atoms with van der Waals surface area (Å²) < 4.78 is 12.7. The Labute approximate surface area is 185 Å². The average Bonchev–Trinajstić information content (AvgIpc) is 3.18. The molecule has 0 amide bonds. The molecule has 4 rings (SSSR count). The summed E-state index contributed by atoms with van der Waals surface area (Å²) in [4.78, 5) is 10.8. The predicted molar refractivity (Wildman–Crippen MR) is 122 cm³/mol. The van der Waals surface area contributed by atoms with Crippen LogP contribution in [0.2, 0.25) is 0 Å². The molecule has 0 spiro atoms. The molecular formula is C25H21N3O4. The van der Waals surface area contributed by atoms with Gasteiger partial charge in [-0.1, -0.05) is 24.3 Å². The second-order valence-corrected chi connectivity index (χ2v) is 7.31. The molecule has 0 N–H and O–H groups in total. The SMILES string of the molecule is COCCOc1ccc(Cn2cc(-c3cccc([N+](=O)[O-])c3)c3cc(C#N)ccc32)cc1. The summed E-state index contributed by atoms with van der Waals surface area (Å²) in [6, 6.07) is 22.1. The minimum Gasteiger partial charge on any atom is -0.491 e. The van der Waals surface area contributed by atoms with E-state index in [1.54, 1.807) is 25.3 Å². The third-order valence-electron chi connectivity index (χ3n) is 5.21. The van der Waals surface area contributed by atoms with E-state index < -0.39 is 4.92 Å². The van der Waals surface area contributed by atoms with E-state index in [-0.39, 0.29) is 5.69 Å². The molecule has 160 valence electrons. The van der Waals surface area contributed by atoms with E-state index in [1.165, 1.54) is 6.07 Å². The lowest BCUT2D eigenvalue weighted by Gasteiger charge is -2.08. The number of hydrogen-bond acceptors (Lipinski definition) is 5. The van der Waals surface area contributed by atoms with Crippen LogP contribution in [0.3, 0.4) is 0 Å². The van der Waals surface area contributed by atoms with Gasteiger partial charge in [0.25, 0.3) is 5.69 Å². The molecule has 0 saturated heterocycles. The van der Waals surface area contributed by atoms with Crippen LogP contribution < -0.4 is 4.74 Å². The summed E-state index contributed by atoms with van der Waals surface area (Å²) >= 11 is 0. The van der Waals surface area contributed by atoms with Crippen molar-refractivity contribution in [1.29, 1.82) is 5.26 Å². The third kappa shape index (κ3) is 4.46. The van der Waals surface area contributed by atoms with Gasteiger partial charge in [0.15, 0.2) is 0 Å². The fourth-order valence-electron chi connectivity index (χ4n) is 3.65. The minimum absolute atomic E-state index is 0.0314. The molecule has 0 aliphatic heterocycles. The maximum Gasteiger partial charge on any atom is 0.270 e. The molecule has 1 aromatic heterocycles. The van der Waals surface area contributed by atoms with Gasteiger partial charge in [-0.25, -0.2) is 0 Å². The second-order valence-electron chi connectivity index (χ2n) is 7.31. The van der Waals surface area contributed by atoms with Crippen LogP contribution in [0.15, 0.2) is 72.9 Å². The fraction of sp³-hybridized carbons (Fsp3) is 0.160. The predicted octanol–water partition coefficient (Wildman–Crippen LogP) is 5.16. The summed E-state index contributed by atoms with van der Waals surface area (Å²) in [6.07, 6.45) is 1.98. The zero-order valence-corrected chi connectivity index (χ0v) is 17.5. The van der Waals surface area contributed by atoms with Crippen LogP contribution >= 0.6 is 0 Å². The van der Waals surface area contributed by atoms with Gasteiger partial charge >= 0.3 is 0 Å². The number of nitrogens with zero attached hydrogens (tertiary/aromatic N) is 3. The van der Waals surface area contributed by atoms with Crippen LogP contribution in [0, 0.1) is 21.4 Å². The number of methoxy groups -OCH3 is 1. The fourth-order valence-corrected chi connectivity index (χ4v) is 3.65. The van der Waals surface area contributed by atoms with Gasteiger partial charge in [0.05, 0.1) is 23.2 Å². The van der Waals surface area contributed by atoms with Crippen LogP contribution in [0.4, 0.5) is 5.69 Å². The summed E-state index contributed by atoms with van der Waals surface area (Å²) in [5.74, 6) is 0.777. The van der Waals surface area contributed by atoms with E-state index in [4.69, 9.17) is 9.47 Å². The molecule has 3 aromatic carbocycles. The molecule has 0 aliphatic carbocycles. The van der Waals surface area contributed by atoms with Crippen LogP contribution in [0.5, 0.6) is 5.75 Å². The van der Waals surface area contributed by atoms with Gasteiger partial charge in [0, 0.05) is 48.5 Å². The largest absolute Gasteiger partial charge is 0.491 e. The topological polar surface area (TPSA) is 90.3 Å². The third-order valence-corrected chi connectivity index (χ3v) is 5.21. The zero-order chi connectivity index (χ0) is 22.5.